The highest BCUT2D eigenvalue weighted by Crippen LogP contribution is 2.47. The van der Waals surface area contributed by atoms with Crippen molar-refractivity contribution in [2.24, 2.45) is 0 Å². The molecule has 1 aliphatic carbocycles. The number of carboxylic acids is 1. The van der Waals surface area contributed by atoms with Gasteiger partial charge in [0.15, 0.2) is 5.78 Å². The van der Waals surface area contributed by atoms with Crippen LogP contribution in [0.1, 0.15) is 98.5 Å². The minimum atomic E-state index is -0.847. The van der Waals surface area contributed by atoms with Gasteiger partial charge in [-0.25, -0.2) is 0 Å². The van der Waals surface area contributed by atoms with E-state index in [1.54, 1.807) is 12.1 Å². The average Bonchev–Trinajstić information content (AvgIpc) is 2.65. The molecule has 2 aromatic carbocycles. The smallest absolute Gasteiger partial charge is 0.307 e. The molecule has 0 spiro atoms. The first-order valence-electron chi connectivity index (χ1n) is 10.9. The summed E-state index contributed by atoms with van der Waals surface area (Å²) in [5.74, 6) is -0.445. The van der Waals surface area contributed by atoms with Crippen molar-refractivity contribution in [2.45, 2.75) is 84.0 Å². The second kappa shape index (κ2) is 8.02. The van der Waals surface area contributed by atoms with Crippen LogP contribution in [0.15, 0.2) is 36.4 Å². The lowest BCUT2D eigenvalue weighted by Crippen LogP contribution is -2.34. The molecule has 0 saturated heterocycles. The van der Waals surface area contributed by atoms with E-state index in [9.17, 15) is 9.59 Å². The summed E-state index contributed by atoms with van der Waals surface area (Å²) in [7, 11) is 0. The van der Waals surface area contributed by atoms with E-state index in [2.05, 4.69) is 53.7 Å². The highest BCUT2D eigenvalue weighted by molar-refractivity contribution is 5.99. The minimum absolute atomic E-state index is 0.00140. The molecule has 0 aromatic heterocycles. The van der Waals surface area contributed by atoms with Crippen LogP contribution in [0.25, 0.3) is 0 Å². The zero-order valence-electron chi connectivity index (χ0n) is 19.1. The van der Waals surface area contributed by atoms with Gasteiger partial charge >= 0.3 is 5.97 Å². The first kappa shape index (κ1) is 22.3. The van der Waals surface area contributed by atoms with Crippen LogP contribution in [0.3, 0.4) is 0 Å². The van der Waals surface area contributed by atoms with E-state index in [0.29, 0.717) is 6.42 Å². The Morgan fingerprint density at radius 3 is 1.80 bits per heavy atom. The molecule has 0 amide bonds. The van der Waals surface area contributed by atoms with E-state index >= 15 is 0 Å². The Balaban J connectivity index is 1.98. The Hall–Kier alpha value is -2.42. The average molecular weight is 407 g/mol. The first-order valence-corrected chi connectivity index (χ1v) is 10.9. The molecule has 0 saturated carbocycles. The van der Waals surface area contributed by atoms with Gasteiger partial charge in [-0.2, -0.15) is 0 Å². The van der Waals surface area contributed by atoms with E-state index in [-0.39, 0.29) is 29.0 Å². The summed E-state index contributed by atoms with van der Waals surface area (Å²) in [5.41, 5.74) is 6.51. The summed E-state index contributed by atoms with van der Waals surface area (Å²) in [4.78, 5) is 24.2. The van der Waals surface area contributed by atoms with Crippen molar-refractivity contribution in [3.05, 3.63) is 69.8 Å². The lowest BCUT2D eigenvalue weighted by molar-refractivity contribution is -0.136. The Morgan fingerprint density at radius 1 is 0.867 bits per heavy atom. The maximum absolute atomic E-state index is 13.4. The quantitative estimate of drug-likeness (QED) is 0.580. The maximum Gasteiger partial charge on any atom is 0.307 e. The lowest BCUT2D eigenvalue weighted by Gasteiger charge is -2.42. The molecule has 3 rings (SSSR count). The molecule has 1 aliphatic rings. The van der Waals surface area contributed by atoms with Crippen molar-refractivity contribution in [1.82, 2.24) is 0 Å². The molecular formula is C27H34O3. The number of aliphatic carboxylic acids is 1. The Labute approximate surface area is 180 Å². The third-order valence-electron chi connectivity index (χ3n) is 6.69. The van der Waals surface area contributed by atoms with Crippen LogP contribution in [-0.4, -0.2) is 16.9 Å². The normalized spacial score (nSPS) is 16.9. The number of carbonyl (C=O) groups is 2. The third kappa shape index (κ3) is 4.50. The maximum atomic E-state index is 13.4. The van der Waals surface area contributed by atoms with Gasteiger partial charge in [0, 0.05) is 12.0 Å². The van der Waals surface area contributed by atoms with E-state index in [1.165, 1.54) is 11.1 Å². The Bertz CT molecular complexity index is 962. The summed E-state index contributed by atoms with van der Waals surface area (Å²) in [6, 6.07) is 11.8. The van der Waals surface area contributed by atoms with Crippen molar-refractivity contribution in [3.63, 3.8) is 0 Å². The number of hydrogen-bond acceptors (Lipinski definition) is 2. The zero-order chi connectivity index (χ0) is 22.3. The van der Waals surface area contributed by atoms with Gasteiger partial charge in [-0.3, -0.25) is 9.59 Å². The first-order chi connectivity index (χ1) is 13.9. The highest BCUT2D eigenvalue weighted by Gasteiger charge is 2.38. The van der Waals surface area contributed by atoms with Crippen molar-refractivity contribution in [1.29, 1.82) is 0 Å². The highest BCUT2D eigenvalue weighted by atomic mass is 16.4. The van der Waals surface area contributed by atoms with E-state index in [1.807, 2.05) is 12.1 Å². The fourth-order valence-electron chi connectivity index (χ4n) is 4.58. The molecule has 3 heteroatoms. The molecule has 0 bridgehead atoms. The number of benzene rings is 2. The van der Waals surface area contributed by atoms with Crippen molar-refractivity contribution >= 4 is 11.8 Å². The number of Topliss-reactive ketones (excluding diaryl/α,β-unsaturated/α-hetero) is 1. The molecule has 0 aliphatic heterocycles. The molecule has 0 unspecified atom stereocenters. The summed E-state index contributed by atoms with van der Waals surface area (Å²) in [6.45, 7) is 13.5. The molecule has 0 radical (unpaired) electrons. The monoisotopic (exact) mass is 406 g/mol. The number of hydrogen-bond donors (Lipinski definition) is 1. The Morgan fingerprint density at radius 2 is 1.33 bits per heavy atom. The molecule has 30 heavy (non-hydrogen) atoms. The van der Waals surface area contributed by atoms with E-state index < -0.39 is 5.97 Å². The number of carbonyl (C=O) groups excluding carboxylic acids is 1. The van der Waals surface area contributed by atoms with Crippen LogP contribution in [0, 0.1) is 0 Å². The van der Waals surface area contributed by atoms with Crippen LogP contribution < -0.4 is 0 Å². The molecule has 1 N–H and O–H groups in total. The second-order valence-corrected chi connectivity index (χ2v) is 10.4. The van der Waals surface area contributed by atoms with Gasteiger partial charge in [-0.05, 0) is 63.5 Å². The van der Waals surface area contributed by atoms with Crippen molar-refractivity contribution in [2.75, 3.05) is 0 Å². The number of carboxylic acid groups (broad SMARTS) is 1. The fraction of sp³-hybridized carbons (Fsp3) is 0.481. The minimum Gasteiger partial charge on any atom is -0.481 e. The number of rotatable bonds is 6. The molecule has 0 fully saturated rings. The lowest BCUT2D eigenvalue weighted by atomic mass is 9.62. The van der Waals surface area contributed by atoms with Crippen LogP contribution in [0.5, 0.6) is 0 Å². The zero-order valence-corrected chi connectivity index (χ0v) is 19.1. The largest absolute Gasteiger partial charge is 0.481 e. The molecule has 3 nitrogen and oxygen atoms in total. The van der Waals surface area contributed by atoms with Crippen LogP contribution in [-0.2, 0) is 28.5 Å². The van der Waals surface area contributed by atoms with Gasteiger partial charge in [-0.1, -0.05) is 71.9 Å². The molecule has 0 atom stereocenters. The molecule has 2 aromatic rings. The van der Waals surface area contributed by atoms with E-state index in [0.717, 1.165) is 35.1 Å². The van der Waals surface area contributed by atoms with Gasteiger partial charge in [0.2, 0.25) is 0 Å². The van der Waals surface area contributed by atoms with Crippen molar-refractivity contribution < 1.29 is 14.7 Å². The second-order valence-electron chi connectivity index (χ2n) is 10.4. The summed E-state index contributed by atoms with van der Waals surface area (Å²) in [5, 5.41) is 8.93. The predicted molar refractivity (Wildman–Crippen MR) is 122 cm³/mol. The van der Waals surface area contributed by atoms with Gasteiger partial charge < -0.3 is 5.11 Å². The fourth-order valence-corrected chi connectivity index (χ4v) is 4.58. The van der Waals surface area contributed by atoms with E-state index in [4.69, 9.17) is 5.11 Å². The topological polar surface area (TPSA) is 54.4 Å². The summed E-state index contributed by atoms with van der Waals surface area (Å²) < 4.78 is 0. The van der Waals surface area contributed by atoms with Gasteiger partial charge in [0.05, 0.1) is 6.42 Å². The third-order valence-corrected chi connectivity index (χ3v) is 6.69. The number of fused-ring (bicyclic) bond motifs is 1. The molecular weight excluding hydrogens is 372 g/mol. The van der Waals surface area contributed by atoms with Crippen LogP contribution in [0.2, 0.25) is 0 Å². The summed E-state index contributed by atoms with van der Waals surface area (Å²) in [6.07, 6.45) is 2.60. The van der Waals surface area contributed by atoms with Crippen molar-refractivity contribution in [3.8, 4) is 0 Å². The van der Waals surface area contributed by atoms with Gasteiger partial charge in [-0.15, -0.1) is 0 Å². The standard InChI is InChI=1S/C27H34O3/c1-17(2)20-15-22-23(27(5,6)12-11-26(22,3)4)16-21(20)24(28)13-18-7-9-19(10-8-18)14-25(29)30/h7-10,15-17H,11-14H2,1-6H3,(H,29,30). The Kier molecular flexibility index (Phi) is 5.95. The van der Waals surface area contributed by atoms with Gasteiger partial charge in [0.1, 0.15) is 0 Å². The van der Waals surface area contributed by atoms with Crippen LogP contribution in [0.4, 0.5) is 0 Å². The molecule has 0 heterocycles. The SMILES string of the molecule is CC(C)c1cc2c(cc1C(=O)Cc1ccc(CC(=O)O)cc1)C(C)(C)CCC2(C)C. The number of ketones is 1. The van der Waals surface area contributed by atoms with Gasteiger partial charge in [0.25, 0.3) is 0 Å². The van der Waals surface area contributed by atoms with Crippen LogP contribution >= 0.6 is 0 Å². The predicted octanol–water partition coefficient (Wildman–Crippen LogP) is 6.21. The molecule has 160 valence electrons. The summed E-state index contributed by atoms with van der Waals surface area (Å²) >= 11 is 0.